The molecule has 1 aromatic heterocycles. The first kappa shape index (κ1) is 15.1. The van der Waals surface area contributed by atoms with Crippen LogP contribution in [-0.4, -0.2) is 48.4 Å². The third kappa shape index (κ3) is 4.32. The number of aromatic nitrogens is 1. The van der Waals surface area contributed by atoms with E-state index in [2.05, 4.69) is 10.4 Å². The van der Waals surface area contributed by atoms with Crippen molar-refractivity contribution in [3.8, 4) is 0 Å². The quantitative estimate of drug-likeness (QED) is 0.335. The Balaban J connectivity index is 3.05. The van der Waals surface area contributed by atoms with Gasteiger partial charge in [-0.25, -0.2) is 10.8 Å². The van der Waals surface area contributed by atoms with Gasteiger partial charge in [0.1, 0.15) is 11.6 Å². The lowest BCUT2D eigenvalue weighted by molar-refractivity contribution is -0.384. The summed E-state index contributed by atoms with van der Waals surface area (Å²) in [6, 6.07) is 2.56. The first-order valence-corrected chi connectivity index (χ1v) is 5.60. The average molecular weight is 271 g/mol. The predicted octanol–water partition coefficient (Wildman–Crippen LogP) is -0.279. The van der Waals surface area contributed by atoms with E-state index < -0.39 is 4.92 Å². The van der Waals surface area contributed by atoms with Crippen LogP contribution in [0.1, 0.15) is 0 Å². The van der Waals surface area contributed by atoms with Gasteiger partial charge in [-0.1, -0.05) is 0 Å². The van der Waals surface area contributed by atoms with Crippen LogP contribution in [0, 0.1) is 10.1 Å². The van der Waals surface area contributed by atoms with Gasteiger partial charge in [-0.05, 0) is 0 Å². The van der Waals surface area contributed by atoms with Gasteiger partial charge in [-0.3, -0.25) is 10.1 Å². The Bertz CT molecular complexity index is 428. The summed E-state index contributed by atoms with van der Waals surface area (Å²) in [5.41, 5.74) is 2.15. The van der Waals surface area contributed by atoms with Gasteiger partial charge in [0.05, 0.1) is 30.3 Å². The van der Waals surface area contributed by atoms with Crippen LogP contribution in [0.15, 0.2) is 12.1 Å². The molecule has 0 fully saturated rings. The van der Waals surface area contributed by atoms with Crippen LogP contribution in [0.2, 0.25) is 0 Å². The van der Waals surface area contributed by atoms with Crippen molar-refractivity contribution in [2.75, 3.05) is 43.7 Å². The van der Waals surface area contributed by atoms with Crippen LogP contribution in [-0.2, 0) is 4.74 Å². The molecule has 106 valence electrons. The molecule has 0 aliphatic rings. The second-order valence-electron chi connectivity index (χ2n) is 3.67. The molecule has 0 bridgehead atoms. The number of hydrazine groups is 1. The number of nitrogens with zero attached hydrogens (tertiary/aromatic N) is 3. The van der Waals surface area contributed by atoms with Crippen molar-refractivity contribution in [3.63, 3.8) is 0 Å². The first-order valence-electron chi connectivity index (χ1n) is 5.60. The molecule has 0 aliphatic heterocycles. The summed E-state index contributed by atoms with van der Waals surface area (Å²) in [5, 5.41) is 19.9. The first-order chi connectivity index (χ1) is 9.12. The normalized spacial score (nSPS) is 10.3. The third-order valence-electron chi connectivity index (χ3n) is 2.41. The molecular formula is C10H17N5O4. The number of ether oxygens (including phenoxy) is 1. The van der Waals surface area contributed by atoms with Crippen molar-refractivity contribution in [1.82, 2.24) is 4.98 Å². The van der Waals surface area contributed by atoms with Gasteiger partial charge < -0.3 is 20.2 Å². The predicted molar refractivity (Wildman–Crippen MR) is 69.9 cm³/mol. The van der Waals surface area contributed by atoms with E-state index in [4.69, 9.17) is 15.7 Å². The Morgan fingerprint density at radius 2 is 2.32 bits per heavy atom. The largest absolute Gasteiger partial charge is 0.395 e. The maximum atomic E-state index is 10.8. The zero-order valence-corrected chi connectivity index (χ0v) is 10.6. The summed E-state index contributed by atoms with van der Waals surface area (Å²) >= 11 is 0. The van der Waals surface area contributed by atoms with E-state index in [-0.39, 0.29) is 18.1 Å². The Morgan fingerprint density at radius 1 is 1.58 bits per heavy atom. The van der Waals surface area contributed by atoms with Crippen molar-refractivity contribution in [2.24, 2.45) is 5.84 Å². The van der Waals surface area contributed by atoms with E-state index >= 15 is 0 Å². The Hall–Kier alpha value is -1.97. The molecule has 0 radical (unpaired) electrons. The molecule has 0 atom stereocenters. The van der Waals surface area contributed by atoms with E-state index in [1.54, 1.807) is 12.0 Å². The minimum absolute atomic E-state index is 0.0977. The zero-order valence-electron chi connectivity index (χ0n) is 10.6. The number of nitrogens with one attached hydrogen (secondary N) is 1. The summed E-state index contributed by atoms with van der Waals surface area (Å²) in [7, 11) is 1.55. The van der Waals surface area contributed by atoms with Crippen LogP contribution in [0.3, 0.4) is 0 Å². The van der Waals surface area contributed by atoms with E-state index in [1.165, 1.54) is 12.1 Å². The van der Waals surface area contributed by atoms with E-state index in [0.29, 0.717) is 25.5 Å². The SMILES string of the molecule is COCCN(CCO)c1cc([N+](=O)[O-])cc(NN)n1. The van der Waals surface area contributed by atoms with Gasteiger partial charge in [0.25, 0.3) is 5.69 Å². The highest BCUT2D eigenvalue weighted by atomic mass is 16.6. The summed E-state index contributed by atoms with van der Waals surface area (Å²) in [4.78, 5) is 16.1. The molecule has 19 heavy (non-hydrogen) atoms. The number of hydrogen-bond donors (Lipinski definition) is 3. The number of nitrogens with two attached hydrogens (primary N) is 1. The molecule has 0 spiro atoms. The van der Waals surface area contributed by atoms with Gasteiger partial charge in [0.15, 0.2) is 0 Å². The molecule has 1 heterocycles. The van der Waals surface area contributed by atoms with Crippen LogP contribution < -0.4 is 16.2 Å². The Kier molecular flexibility index (Phi) is 5.93. The molecule has 1 aromatic rings. The van der Waals surface area contributed by atoms with Crippen LogP contribution in [0.4, 0.5) is 17.3 Å². The molecule has 0 amide bonds. The maximum Gasteiger partial charge on any atom is 0.276 e. The standard InChI is InChI=1S/C10H17N5O4/c1-19-5-3-14(2-4-16)10-7-8(15(17)18)6-9(12-10)13-11/h6-7,16H,2-5,11H2,1H3,(H,12,13). The van der Waals surface area contributed by atoms with Crippen molar-refractivity contribution in [3.05, 3.63) is 22.2 Å². The fraction of sp³-hybridized carbons (Fsp3) is 0.500. The smallest absolute Gasteiger partial charge is 0.276 e. The number of nitrogen functional groups attached to an aromatic ring is 1. The summed E-state index contributed by atoms with van der Waals surface area (Å²) in [5.74, 6) is 5.77. The van der Waals surface area contributed by atoms with Gasteiger partial charge in [-0.15, -0.1) is 0 Å². The number of pyridine rings is 1. The van der Waals surface area contributed by atoms with Crippen LogP contribution in [0.25, 0.3) is 0 Å². The van der Waals surface area contributed by atoms with Gasteiger partial charge in [0.2, 0.25) is 0 Å². The third-order valence-corrected chi connectivity index (χ3v) is 2.41. The number of nitro groups is 1. The molecule has 9 nitrogen and oxygen atoms in total. The van der Waals surface area contributed by atoms with E-state index in [0.717, 1.165) is 0 Å². The topological polar surface area (TPSA) is 127 Å². The van der Waals surface area contributed by atoms with Gasteiger partial charge in [0, 0.05) is 20.2 Å². The Labute approximate surface area is 110 Å². The second kappa shape index (κ2) is 7.46. The lowest BCUT2D eigenvalue weighted by atomic mass is 10.3. The highest BCUT2D eigenvalue weighted by molar-refractivity contribution is 5.55. The number of hydrogen-bond acceptors (Lipinski definition) is 8. The number of anilines is 2. The second-order valence-corrected chi connectivity index (χ2v) is 3.67. The lowest BCUT2D eigenvalue weighted by Gasteiger charge is -2.22. The zero-order chi connectivity index (χ0) is 14.3. The summed E-state index contributed by atoms with van der Waals surface area (Å²) in [6.07, 6.45) is 0. The molecule has 0 saturated carbocycles. The van der Waals surface area contributed by atoms with Gasteiger partial charge >= 0.3 is 0 Å². The minimum Gasteiger partial charge on any atom is -0.395 e. The van der Waals surface area contributed by atoms with Crippen molar-refractivity contribution >= 4 is 17.3 Å². The summed E-state index contributed by atoms with van der Waals surface area (Å²) < 4.78 is 4.95. The highest BCUT2D eigenvalue weighted by Gasteiger charge is 2.15. The lowest BCUT2D eigenvalue weighted by Crippen LogP contribution is -2.31. The fourth-order valence-corrected chi connectivity index (χ4v) is 1.51. The number of rotatable bonds is 8. The average Bonchev–Trinajstić information content (AvgIpc) is 2.42. The molecular weight excluding hydrogens is 254 g/mol. The van der Waals surface area contributed by atoms with Crippen molar-refractivity contribution in [2.45, 2.75) is 0 Å². The monoisotopic (exact) mass is 271 g/mol. The molecule has 9 heteroatoms. The number of aliphatic hydroxyl groups excluding tert-OH is 1. The molecule has 0 unspecified atom stereocenters. The van der Waals surface area contributed by atoms with Crippen molar-refractivity contribution in [1.29, 1.82) is 0 Å². The summed E-state index contributed by atoms with van der Waals surface area (Å²) in [6.45, 7) is 1.06. The van der Waals surface area contributed by atoms with Crippen molar-refractivity contribution < 1.29 is 14.8 Å². The number of methoxy groups -OCH3 is 1. The van der Waals surface area contributed by atoms with E-state index in [1.807, 2.05) is 0 Å². The molecule has 1 rings (SSSR count). The molecule has 0 aromatic carbocycles. The molecule has 4 N–H and O–H groups in total. The minimum atomic E-state index is -0.528. The van der Waals surface area contributed by atoms with E-state index in [9.17, 15) is 10.1 Å². The van der Waals surface area contributed by atoms with Crippen LogP contribution >= 0.6 is 0 Å². The highest BCUT2D eigenvalue weighted by Crippen LogP contribution is 2.22. The Morgan fingerprint density at radius 3 is 2.84 bits per heavy atom. The molecule has 0 saturated heterocycles. The molecule has 0 aliphatic carbocycles. The van der Waals surface area contributed by atoms with Gasteiger partial charge in [-0.2, -0.15) is 0 Å². The number of aliphatic hydroxyl groups is 1. The maximum absolute atomic E-state index is 10.8. The van der Waals surface area contributed by atoms with Crippen LogP contribution in [0.5, 0.6) is 0 Å². The fourth-order valence-electron chi connectivity index (χ4n) is 1.51.